The Labute approximate surface area is 103 Å². The van der Waals surface area contributed by atoms with Crippen LogP contribution in [0, 0.1) is 5.92 Å². The molecule has 2 rings (SSSR count). The number of nitrogens with two attached hydrogens (primary N) is 1. The second kappa shape index (κ2) is 6.03. The van der Waals surface area contributed by atoms with Crippen molar-refractivity contribution in [2.45, 2.75) is 38.6 Å². The fourth-order valence-electron chi connectivity index (χ4n) is 2.40. The largest absolute Gasteiger partial charge is 0.494 e. The zero-order valence-electron chi connectivity index (χ0n) is 10.5. The molecular weight excluding hydrogens is 212 g/mol. The smallest absolute Gasteiger partial charge is 0.124 e. The highest BCUT2D eigenvalue weighted by Crippen LogP contribution is 2.36. The van der Waals surface area contributed by atoms with Gasteiger partial charge in [0, 0.05) is 11.6 Å². The maximum absolute atomic E-state index is 5.69. The lowest BCUT2D eigenvalue weighted by Gasteiger charge is -2.30. The van der Waals surface area contributed by atoms with Crippen LogP contribution >= 0.6 is 0 Å². The minimum Gasteiger partial charge on any atom is -0.494 e. The Bertz CT molecular complexity index is 350. The standard InChI is InChI=1S/C14H22N2O/c1-2-17-14-9-4-3-8-12(14)13(16-15)10-11-6-5-7-11/h3-4,8-9,11,13,16H,2,5-7,10,15H2,1H3. The molecule has 0 aromatic heterocycles. The molecule has 1 saturated carbocycles. The minimum atomic E-state index is 0.211. The monoisotopic (exact) mass is 234 g/mol. The first kappa shape index (κ1) is 12.4. The van der Waals surface area contributed by atoms with E-state index in [4.69, 9.17) is 10.6 Å². The van der Waals surface area contributed by atoms with Crippen molar-refractivity contribution in [1.29, 1.82) is 0 Å². The number of para-hydroxylation sites is 1. The van der Waals surface area contributed by atoms with Gasteiger partial charge in [0.2, 0.25) is 0 Å². The van der Waals surface area contributed by atoms with Crippen molar-refractivity contribution in [2.24, 2.45) is 11.8 Å². The molecule has 0 spiro atoms. The van der Waals surface area contributed by atoms with Gasteiger partial charge in [-0.3, -0.25) is 11.3 Å². The average Bonchev–Trinajstić information content (AvgIpc) is 2.30. The molecule has 0 saturated heterocycles. The minimum absolute atomic E-state index is 0.211. The van der Waals surface area contributed by atoms with Gasteiger partial charge in [-0.05, 0) is 25.3 Å². The van der Waals surface area contributed by atoms with Crippen molar-refractivity contribution in [2.75, 3.05) is 6.61 Å². The summed E-state index contributed by atoms with van der Waals surface area (Å²) >= 11 is 0. The topological polar surface area (TPSA) is 47.3 Å². The second-order valence-electron chi connectivity index (χ2n) is 4.72. The van der Waals surface area contributed by atoms with Crippen LogP contribution in [-0.2, 0) is 0 Å². The van der Waals surface area contributed by atoms with E-state index in [0.29, 0.717) is 6.61 Å². The molecule has 1 aromatic carbocycles. The normalized spacial score (nSPS) is 17.5. The molecule has 1 aromatic rings. The van der Waals surface area contributed by atoms with Gasteiger partial charge in [-0.2, -0.15) is 0 Å². The molecule has 3 N–H and O–H groups in total. The summed E-state index contributed by atoms with van der Waals surface area (Å²) in [6, 6.07) is 8.38. The van der Waals surface area contributed by atoms with Crippen LogP contribution in [0.2, 0.25) is 0 Å². The van der Waals surface area contributed by atoms with E-state index < -0.39 is 0 Å². The van der Waals surface area contributed by atoms with Crippen molar-refractivity contribution in [3.8, 4) is 5.75 Å². The number of hydrogen-bond acceptors (Lipinski definition) is 3. The first-order chi connectivity index (χ1) is 8.35. The van der Waals surface area contributed by atoms with E-state index in [9.17, 15) is 0 Å². The number of rotatable bonds is 6. The Kier molecular flexibility index (Phi) is 4.40. The summed E-state index contributed by atoms with van der Waals surface area (Å²) in [5.74, 6) is 7.47. The van der Waals surface area contributed by atoms with E-state index in [0.717, 1.165) is 18.1 Å². The molecule has 1 aliphatic rings. The van der Waals surface area contributed by atoms with Crippen molar-refractivity contribution in [3.63, 3.8) is 0 Å². The summed E-state index contributed by atoms with van der Waals surface area (Å²) < 4.78 is 5.66. The summed E-state index contributed by atoms with van der Waals surface area (Å²) in [7, 11) is 0. The third kappa shape index (κ3) is 2.99. The van der Waals surface area contributed by atoms with Crippen molar-refractivity contribution in [1.82, 2.24) is 5.43 Å². The third-order valence-electron chi connectivity index (χ3n) is 3.59. The fourth-order valence-corrected chi connectivity index (χ4v) is 2.40. The Morgan fingerprint density at radius 2 is 2.18 bits per heavy atom. The highest BCUT2D eigenvalue weighted by Gasteiger charge is 2.24. The van der Waals surface area contributed by atoms with E-state index in [1.807, 2.05) is 25.1 Å². The lowest BCUT2D eigenvalue weighted by molar-refractivity contribution is 0.257. The van der Waals surface area contributed by atoms with Crippen LogP contribution in [0.1, 0.15) is 44.2 Å². The van der Waals surface area contributed by atoms with Gasteiger partial charge in [0.1, 0.15) is 5.75 Å². The highest BCUT2D eigenvalue weighted by molar-refractivity contribution is 5.36. The quantitative estimate of drug-likeness (QED) is 0.587. The van der Waals surface area contributed by atoms with E-state index in [1.165, 1.54) is 24.8 Å². The van der Waals surface area contributed by atoms with E-state index in [2.05, 4.69) is 11.5 Å². The predicted molar refractivity (Wildman–Crippen MR) is 69.6 cm³/mol. The first-order valence-corrected chi connectivity index (χ1v) is 6.53. The van der Waals surface area contributed by atoms with Gasteiger partial charge in [0.25, 0.3) is 0 Å². The third-order valence-corrected chi connectivity index (χ3v) is 3.59. The van der Waals surface area contributed by atoms with Crippen molar-refractivity contribution >= 4 is 0 Å². The maximum Gasteiger partial charge on any atom is 0.124 e. The van der Waals surface area contributed by atoms with Crippen LogP contribution in [0.3, 0.4) is 0 Å². The van der Waals surface area contributed by atoms with Gasteiger partial charge in [-0.15, -0.1) is 0 Å². The summed E-state index contributed by atoms with van der Waals surface area (Å²) in [5, 5.41) is 0. The molecule has 94 valence electrons. The molecule has 3 heteroatoms. The molecule has 1 unspecified atom stereocenters. The van der Waals surface area contributed by atoms with E-state index in [-0.39, 0.29) is 6.04 Å². The molecule has 0 amide bonds. The van der Waals surface area contributed by atoms with Crippen molar-refractivity contribution in [3.05, 3.63) is 29.8 Å². The molecule has 0 bridgehead atoms. The summed E-state index contributed by atoms with van der Waals surface area (Å²) in [4.78, 5) is 0. The van der Waals surface area contributed by atoms with Crippen LogP contribution < -0.4 is 16.0 Å². The van der Waals surface area contributed by atoms with Gasteiger partial charge in [0.05, 0.1) is 6.61 Å². The molecule has 1 fully saturated rings. The molecule has 17 heavy (non-hydrogen) atoms. The number of nitrogens with one attached hydrogen (secondary N) is 1. The van der Waals surface area contributed by atoms with Crippen LogP contribution in [0.4, 0.5) is 0 Å². The molecule has 3 nitrogen and oxygen atoms in total. The van der Waals surface area contributed by atoms with Gasteiger partial charge in [0.15, 0.2) is 0 Å². The fraction of sp³-hybridized carbons (Fsp3) is 0.571. The molecule has 0 aliphatic heterocycles. The summed E-state index contributed by atoms with van der Waals surface area (Å²) in [6.45, 7) is 2.70. The van der Waals surface area contributed by atoms with Crippen molar-refractivity contribution < 1.29 is 4.74 Å². The molecular formula is C14H22N2O. The van der Waals surface area contributed by atoms with Crippen LogP contribution in [0.5, 0.6) is 5.75 Å². The number of ether oxygens (including phenoxy) is 1. The van der Waals surface area contributed by atoms with Gasteiger partial charge < -0.3 is 4.74 Å². The average molecular weight is 234 g/mol. The Morgan fingerprint density at radius 1 is 1.41 bits per heavy atom. The highest BCUT2D eigenvalue weighted by atomic mass is 16.5. The Morgan fingerprint density at radius 3 is 2.76 bits per heavy atom. The van der Waals surface area contributed by atoms with Gasteiger partial charge in [-0.25, -0.2) is 0 Å². The zero-order valence-corrected chi connectivity index (χ0v) is 10.5. The Hall–Kier alpha value is -1.06. The summed E-state index contributed by atoms with van der Waals surface area (Å²) in [6.07, 6.45) is 5.17. The summed E-state index contributed by atoms with van der Waals surface area (Å²) in [5.41, 5.74) is 4.12. The predicted octanol–water partition coefficient (Wildman–Crippen LogP) is 2.78. The molecule has 1 atom stereocenters. The molecule has 1 aliphatic carbocycles. The lowest BCUT2D eigenvalue weighted by atomic mass is 9.79. The Balaban J connectivity index is 2.10. The van der Waals surface area contributed by atoms with Crippen LogP contribution in [-0.4, -0.2) is 6.61 Å². The molecule has 0 radical (unpaired) electrons. The van der Waals surface area contributed by atoms with E-state index in [1.54, 1.807) is 0 Å². The van der Waals surface area contributed by atoms with Crippen LogP contribution in [0.15, 0.2) is 24.3 Å². The van der Waals surface area contributed by atoms with Gasteiger partial charge in [-0.1, -0.05) is 37.5 Å². The first-order valence-electron chi connectivity index (χ1n) is 6.53. The van der Waals surface area contributed by atoms with E-state index >= 15 is 0 Å². The second-order valence-corrected chi connectivity index (χ2v) is 4.72. The van der Waals surface area contributed by atoms with Gasteiger partial charge >= 0.3 is 0 Å². The maximum atomic E-state index is 5.69. The SMILES string of the molecule is CCOc1ccccc1C(CC1CCC1)NN. The zero-order chi connectivity index (χ0) is 12.1. The number of benzene rings is 1. The number of hydrogen-bond donors (Lipinski definition) is 2. The van der Waals surface area contributed by atoms with Crippen LogP contribution in [0.25, 0.3) is 0 Å². The lowest BCUT2D eigenvalue weighted by Crippen LogP contribution is -2.31. The number of hydrazine groups is 1. The molecule has 0 heterocycles.